The van der Waals surface area contributed by atoms with Gasteiger partial charge in [-0.25, -0.2) is 43.9 Å². The van der Waals surface area contributed by atoms with E-state index in [1.54, 1.807) is 0 Å². The fourth-order valence-electron chi connectivity index (χ4n) is 4.51. The number of hydrogen-bond donors (Lipinski definition) is 2. The van der Waals surface area contributed by atoms with Gasteiger partial charge in [0, 0.05) is 24.2 Å². The van der Waals surface area contributed by atoms with Crippen LogP contribution in [0.5, 0.6) is 11.5 Å². The van der Waals surface area contributed by atoms with E-state index in [-0.39, 0.29) is 0 Å². The highest BCUT2D eigenvalue weighted by Gasteiger charge is 2.39. The molecule has 0 aromatic heterocycles. The van der Waals surface area contributed by atoms with Gasteiger partial charge in [0.2, 0.25) is 11.6 Å². The third-order valence-electron chi connectivity index (χ3n) is 6.81. The number of halogens is 10. The average Bonchev–Trinajstić information content (AvgIpc) is 3.04. The summed E-state index contributed by atoms with van der Waals surface area (Å²) in [6.45, 7) is -0.880. The monoisotopic (exact) mass is 632 g/mol. The Morgan fingerprint density at radius 2 is 0.682 bits per heavy atom. The van der Waals surface area contributed by atoms with E-state index in [1.165, 1.54) is 62.8 Å². The molecule has 4 rings (SSSR count). The standard InChI is InChI=1S/C30H22F10N2O2/c1-43-15-7-3-13(4-8-15)11-41-29(17-19(31)23(35)27(39)24(36)20(17)32)30(42-12-14-5-9-16(44-2)10-6-14)18-21(33)25(37)28(40)26(38)22(18)34/h3-10,29-30,41-42H,11-12H2,1-2H3/t29-,30+. The van der Waals surface area contributed by atoms with E-state index in [9.17, 15) is 26.3 Å². The number of hydrogen-bond acceptors (Lipinski definition) is 4. The van der Waals surface area contributed by atoms with Crippen LogP contribution in [0.2, 0.25) is 0 Å². The van der Waals surface area contributed by atoms with Crippen LogP contribution < -0.4 is 20.1 Å². The molecule has 4 aromatic rings. The van der Waals surface area contributed by atoms with E-state index >= 15 is 17.6 Å². The summed E-state index contributed by atoms with van der Waals surface area (Å²) in [4.78, 5) is 0. The Morgan fingerprint density at radius 3 is 0.932 bits per heavy atom. The van der Waals surface area contributed by atoms with Crippen LogP contribution >= 0.6 is 0 Å². The van der Waals surface area contributed by atoms with Crippen molar-refractivity contribution in [1.82, 2.24) is 10.6 Å². The lowest BCUT2D eigenvalue weighted by atomic mass is 9.90. The molecule has 4 nitrogen and oxygen atoms in total. The Hall–Kier alpha value is -4.30. The first-order valence-electron chi connectivity index (χ1n) is 12.7. The molecule has 14 heteroatoms. The molecule has 0 saturated heterocycles. The zero-order valence-electron chi connectivity index (χ0n) is 22.8. The molecule has 4 aromatic carbocycles. The summed E-state index contributed by atoms with van der Waals surface area (Å²) in [7, 11) is 2.74. The first-order valence-corrected chi connectivity index (χ1v) is 12.7. The third-order valence-corrected chi connectivity index (χ3v) is 6.81. The molecular formula is C30H22F10N2O2. The summed E-state index contributed by atoms with van der Waals surface area (Å²) in [6, 6.07) is 7.02. The van der Waals surface area contributed by atoms with Crippen LogP contribution in [0.15, 0.2) is 48.5 Å². The highest BCUT2D eigenvalue weighted by atomic mass is 19.2. The van der Waals surface area contributed by atoms with Crippen molar-refractivity contribution >= 4 is 0 Å². The lowest BCUT2D eigenvalue weighted by molar-refractivity contribution is 0.301. The molecule has 0 fully saturated rings. The second-order valence-corrected chi connectivity index (χ2v) is 9.38. The summed E-state index contributed by atoms with van der Waals surface area (Å²) < 4.78 is 156. The number of ether oxygens (including phenoxy) is 2. The van der Waals surface area contributed by atoms with Gasteiger partial charge in [0.15, 0.2) is 46.5 Å². The van der Waals surface area contributed by atoms with Crippen LogP contribution in [0, 0.1) is 58.2 Å². The average molecular weight is 632 g/mol. The van der Waals surface area contributed by atoms with Crippen LogP contribution in [-0.4, -0.2) is 14.2 Å². The van der Waals surface area contributed by atoms with Crippen LogP contribution in [0.3, 0.4) is 0 Å². The summed E-state index contributed by atoms with van der Waals surface area (Å²) in [5.74, 6) is -23.3. The van der Waals surface area contributed by atoms with Crippen LogP contribution in [0.25, 0.3) is 0 Å². The predicted octanol–water partition coefficient (Wildman–Crippen LogP) is 7.46. The Balaban J connectivity index is 1.93. The Kier molecular flexibility index (Phi) is 10.0. The summed E-state index contributed by atoms with van der Waals surface area (Å²) in [5.41, 5.74) is -2.56. The lowest BCUT2D eigenvalue weighted by Gasteiger charge is -2.31. The van der Waals surface area contributed by atoms with E-state index in [4.69, 9.17) is 9.47 Å². The second kappa shape index (κ2) is 13.6. The zero-order valence-corrected chi connectivity index (χ0v) is 22.8. The van der Waals surface area contributed by atoms with Crippen molar-refractivity contribution in [2.24, 2.45) is 0 Å². The van der Waals surface area contributed by atoms with Crippen LogP contribution in [0.1, 0.15) is 34.3 Å². The van der Waals surface area contributed by atoms with Gasteiger partial charge in [0.25, 0.3) is 0 Å². The zero-order chi connectivity index (χ0) is 32.3. The second-order valence-electron chi connectivity index (χ2n) is 9.38. The number of nitrogens with one attached hydrogen (secondary N) is 2. The van der Waals surface area contributed by atoms with Crippen molar-refractivity contribution in [3.05, 3.63) is 129 Å². The number of rotatable bonds is 11. The quantitative estimate of drug-likeness (QED) is 0.102. The van der Waals surface area contributed by atoms with Gasteiger partial charge in [-0.15, -0.1) is 0 Å². The highest BCUT2D eigenvalue weighted by Crippen LogP contribution is 2.39. The molecule has 0 heterocycles. The smallest absolute Gasteiger partial charge is 0.200 e. The first-order chi connectivity index (χ1) is 20.9. The first kappa shape index (κ1) is 32.6. The van der Waals surface area contributed by atoms with Gasteiger partial charge in [-0.05, 0) is 35.4 Å². The van der Waals surface area contributed by atoms with Gasteiger partial charge in [0.1, 0.15) is 11.5 Å². The van der Waals surface area contributed by atoms with E-state index in [0.29, 0.717) is 22.6 Å². The molecule has 44 heavy (non-hydrogen) atoms. The Labute approximate surface area is 244 Å². The minimum absolute atomic E-state index is 0.325. The highest BCUT2D eigenvalue weighted by molar-refractivity contribution is 5.36. The van der Waals surface area contributed by atoms with Gasteiger partial charge in [-0.2, -0.15) is 0 Å². The van der Waals surface area contributed by atoms with Crippen molar-refractivity contribution in [3.63, 3.8) is 0 Å². The van der Waals surface area contributed by atoms with Crippen molar-refractivity contribution in [2.45, 2.75) is 25.2 Å². The van der Waals surface area contributed by atoms with E-state index < -0.39 is 94.5 Å². The fourth-order valence-corrected chi connectivity index (χ4v) is 4.51. The molecule has 0 aliphatic carbocycles. The van der Waals surface area contributed by atoms with Gasteiger partial charge < -0.3 is 20.1 Å². The van der Waals surface area contributed by atoms with E-state index in [2.05, 4.69) is 10.6 Å². The van der Waals surface area contributed by atoms with Crippen molar-refractivity contribution < 1.29 is 53.4 Å². The fraction of sp³-hybridized carbons (Fsp3) is 0.200. The van der Waals surface area contributed by atoms with Gasteiger partial charge in [0.05, 0.1) is 26.3 Å². The van der Waals surface area contributed by atoms with Gasteiger partial charge >= 0.3 is 0 Å². The van der Waals surface area contributed by atoms with E-state index in [0.717, 1.165) is 0 Å². The molecular weight excluding hydrogens is 610 g/mol. The number of methoxy groups -OCH3 is 2. The Morgan fingerprint density at radius 1 is 0.432 bits per heavy atom. The SMILES string of the molecule is COc1ccc(CN[C@H](c2c(F)c(F)c(F)c(F)c2F)[C@@H](NCc2ccc(OC)cc2)c2c(F)c(F)c(F)c(F)c2F)cc1. The number of benzene rings is 4. The van der Waals surface area contributed by atoms with Gasteiger partial charge in [-0.3, -0.25) is 0 Å². The summed E-state index contributed by atoms with van der Waals surface area (Å²) in [5, 5.41) is 4.95. The van der Waals surface area contributed by atoms with E-state index in [1.807, 2.05) is 0 Å². The van der Waals surface area contributed by atoms with Gasteiger partial charge in [-0.1, -0.05) is 24.3 Å². The topological polar surface area (TPSA) is 42.5 Å². The molecule has 0 radical (unpaired) electrons. The predicted molar refractivity (Wildman–Crippen MR) is 138 cm³/mol. The molecule has 0 spiro atoms. The summed E-state index contributed by atoms with van der Waals surface area (Å²) >= 11 is 0. The van der Waals surface area contributed by atoms with Crippen LogP contribution in [-0.2, 0) is 13.1 Å². The normalized spacial score (nSPS) is 12.7. The lowest BCUT2D eigenvalue weighted by Crippen LogP contribution is -2.38. The third kappa shape index (κ3) is 6.31. The van der Waals surface area contributed by atoms with Crippen molar-refractivity contribution in [2.75, 3.05) is 14.2 Å². The molecule has 2 N–H and O–H groups in total. The molecule has 0 bridgehead atoms. The maximum atomic E-state index is 15.2. The molecule has 0 amide bonds. The molecule has 2 atom stereocenters. The van der Waals surface area contributed by atoms with Crippen molar-refractivity contribution in [3.8, 4) is 11.5 Å². The molecule has 0 unspecified atom stereocenters. The maximum Gasteiger partial charge on any atom is 0.200 e. The minimum atomic E-state index is -2.52. The molecule has 234 valence electrons. The Bertz CT molecular complexity index is 1470. The van der Waals surface area contributed by atoms with Crippen LogP contribution in [0.4, 0.5) is 43.9 Å². The minimum Gasteiger partial charge on any atom is -0.497 e. The molecule has 0 aliphatic heterocycles. The molecule has 0 saturated carbocycles. The maximum absolute atomic E-state index is 15.2. The van der Waals surface area contributed by atoms with Crippen molar-refractivity contribution in [1.29, 1.82) is 0 Å². The largest absolute Gasteiger partial charge is 0.497 e. The summed E-state index contributed by atoms with van der Waals surface area (Å²) in [6.07, 6.45) is 0. The molecule has 0 aliphatic rings.